The van der Waals surface area contributed by atoms with Gasteiger partial charge in [0, 0.05) is 36.9 Å². The van der Waals surface area contributed by atoms with Gasteiger partial charge in [0.1, 0.15) is 5.75 Å². The molecule has 0 spiro atoms. The summed E-state index contributed by atoms with van der Waals surface area (Å²) in [6, 6.07) is 23.4. The largest absolute Gasteiger partial charge is 0.496 e. The summed E-state index contributed by atoms with van der Waals surface area (Å²) >= 11 is 0. The lowest BCUT2D eigenvalue weighted by atomic mass is 10.0. The number of hydrogen-bond acceptors (Lipinski definition) is 4. The maximum atomic E-state index is 13.0. The van der Waals surface area contributed by atoms with E-state index < -0.39 is 0 Å². The number of benzene rings is 3. The lowest BCUT2D eigenvalue weighted by Crippen LogP contribution is -2.45. The Hall–Kier alpha value is -3.80. The number of nitrogens with one attached hydrogen (secondary N) is 2. The van der Waals surface area contributed by atoms with Crippen LogP contribution in [0.5, 0.6) is 5.75 Å². The van der Waals surface area contributed by atoms with Gasteiger partial charge in [-0.15, -0.1) is 0 Å². The number of aryl methyl sites for hydroxylation is 1. The standard InChI is InChI=1S/C29H33N3O3/c1-21-9-3-5-11-24(21)29(34)31-23-16-19-32(20-17-23)26-13-7-6-12-25(26)28(33)30-18-15-22-10-4-8-14-27(22)35-2/h3-14,23H,15-20H2,1-2H3,(H,30,33)(H,31,34). The number of carbonyl (C=O) groups is 2. The van der Waals surface area contributed by atoms with E-state index >= 15 is 0 Å². The van der Waals surface area contributed by atoms with Crippen molar-refractivity contribution in [2.24, 2.45) is 0 Å². The van der Waals surface area contributed by atoms with E-state index in [1.807, 2.05) is 79.7 Å². The Balaban J connectivity index is 1.33. The van der Waals surface area contributed by atoms with Crippen LogP contribution in [-0.2, 0) is 6.42 Å². The summed E-state index contributed by atoms with van der Waals surface area (Å²) in [5, 5.41) is 6.24. The molecule has 0 unspecified atom stereocenters. The molecule has 0 bridgehead atoms. The van der Waals surface area contributed by atoms with E-state index in [0.29, 0.717) is 18.5 Å². The highest BCUT2D eigenvalue weighted by Gasteiger charge is 2.24. The molecule has 1 aliphatic heterocycles. The topological polar surface area (TPSA) is 70.7 Å². The van der Waals surface area contributed by atoms with Crippen molar-refractivity contribution in [3.8, 4) is 5.75 Å². The van der Waals surface area contributed by atoms with Gasteiger partial charge < -0.3 is 20.3 Å². The molecule has 0 saturated carbocycles. The number of piperidine rings is 1. The van der Waals surface area contributed by atoms with Crippen LogP contribution in [-0.4, -0.2) is 44.6 Å². The molecule has 1 fully saturated rings. The van der Waals surface area contributed by atoms with E-state index in [1.165, 1.54) is 0 Å². The molecule has 0 aliphatic carbocycles. The minimum atomic E-state index is -0.0783. The molecule has 6 nitrogen and oxygen atoms in total. The second-order valence-electron chi connectivity index (χ2n) is 8.88. The second-order valence-corrected chi connectivity index (χ2v) is 8.88. The lowest BCUT2D eigenvalue weighted by molar-refractivity contribution is 0.0929. The monoisotopic (exact) mass is 471 g/mol. The first-order valence-electron chi connectivity index (χ1n) is 12.2. The summed E-state index contributed by atoms with van der Waals surface area (Å²) in [5.74, 6) is 0.737. The van der Waals surface area contributed by atoms with Crippen LogP contribution in [0, 0.1) is 6.92 Å². The van der Waals surface area contributed by atoms with Gasteiger partial charge in [0.25, 0.3) is 11.8 Å². The van der Waals surface area contributed by atoms with Crippen LogP contribution >= 0.6 is 0 Å². The first-order valence-corrected chi connectivity index (χ1v) is 12.2. The van der Waals surface area contributed by atoms with Crippen LogP contribution < -0.4 is 20.3 Å². The molecular weight excluding hydrogens is 438 g/mol. The highest BCUT2D eigenvalue weighted by Crippen LogP contribution is 2.25. The molecule has 0 atom stereocenters. The number of hydrogen-bond donors (Lipinski definition) is 2. The molecule has 3 aromatic carbocycles. The van der Waals surface area contributed by atoms with Gasteiger partial charge >= 0.3 is 0 Å². The van der Waals surface area contributed by atoms with Crippen molar-refractivity contribution in [1.29, 1.82) is 0 Å². The van der Waals surface area contributed by atoms with Gasteiger partial charge in [-0.25, -0.2) is 0 Å². The Morgan fingerprint density at radius 3 is 2.29 bits per heavy atom. The molecule has 4 rings (SSSR count). The fourth-order valence-corrected chi connectivity index (χ4v) is 4.61. The first-order chi connectivity index (χ1) is 17.1. The van der Waals surface area contributed by atoms with E-state index in [4.69, 9.17) is 4.74 Å². The van der Waals surface area contributed by atoms with E-state index in [0.717, 1.165) is 54.1 Å². The molecule has 0 radical (unpaired) electrons. The highest BCUT2D eigenvalue weighted by molar-refractivity contribution is 6.00. The van der Waals surface area contributed by atoms with E-state index in [9.17, 15) is 9.59 Å². The van der Waals surface area contributed by atoms with Gasteiger partial charge in [0.2, 0.25) is 0 Å². The first kappa shape index (κ1) is 24.3. The maximum Gasteiger partial charge on any atom is 0.253 e. The molecule has 0 aromatic heterocycles. The number of anilines is 1. The molecule has 6 heteroatoms. The predicted molar refractivity (Wildman–Crippen MR) is 139 cm³/mol. The minimum absolute atomic E-state index is 0.0172. The van der Waals surface area contributed by atoms with E-state index in [-0.39, 0.29) is 17.9 Å². The Morgan fingerprint density at radius 1 is 0.886 bits per heavy atom. The summed E-state index contributed by atoms with van der Waals surface area (Å²) in [6.45, 7) is 4.05. The summed E-state index contributed by atoms with van der Waals surface area (Å²) in [5.41, 5.74) is 4.39. The third-order valence-electron chi connectivity index (χ3n) is 6.58. The zero-order valence-corrected chi connectivity index (χ0v) is 20.4. The predicted octanol–water partition coefficient (Wildman–Crippen LogP) is 4.37. The van der Waals surface area contributed by atoms with Gasteiger partial charge in [-0.3, -0.25) is 9.59 Å². The normalized spacial score (nSPS) is 13.8. The molecule has 1 heterocycles. The van der Waals surface area contributed by atoms with Crippen molar-refractivity contribution in [2.45, 2.75) is 32.2 Å². The molecule has 2 N–H and O–H groups in total. The number of ether oxygens (including phenoxy) is 1. The summed E-state index contributed by atoms with van der Waals surface area (Å²) in [7, 11) is 1.66. The Bertz CT molecular complexity index is 1170. The molecular formula is C29H33N3O3. The van der Waals surface area contributed by atoms with Crippen molar-refractivity contribution in [3.05, 3.63) is 95.1 Å². The molecule has 35 heavy (non-hydrogen) atoms. The number of methoxy groups -OCH3 is 1. The number of para-hydroxylation sites is 2. The SMILES string of the molecule is COc1ccccc1CCNC(=O)c1ccccc1N1CCC(NC(=O)c2ccccc2C)CC1. The fraction of sp³-hybridized carbons (Fsp3) is 0.310. The van der Waals surface area contributed by atoms with Crippen LogP contribution in [0.4, 0.5) is 5.69 Å². The minimum Gasteiger partial charge on any atom is -0.496 e. The third-order valence-corrected chi connectivity index (χ3v) is 6.58. The number of amides is 2. The molecule has 1 saturated heterocycles. The third kappa shape index (κ3) is 6.01. The Morgan fingerprint density at radius 2 is 1.54 bits per heavy atom. The smallest absolute Gasteiger partial charge is 0.253 e. The van der Waals surface area contributed by atoms with Gasteiger partial charge in [0.05, 0.1) is 12.7 Å². The average molecular weight is 472 g/mol. The van der Waals surface area contributed by atoms with Crippen molar-refractivity contribution in [1.82, 2.24) is 10.6 Å². The van der Waals surface area contributed by atoms with Crippen molar-refractivity contribution >= 4 is 17.5 Å². The van der Waals surface area contributed by atoms with E-state index in [2.05, 4.69) is 15.5 Å². The van der Waals surface area contributed by atoms with Crippen molar-refractivity contribution in [3.63, 3.8) is 0 Å². The van der Waals surface area contributed by atoms with Crippen LogP contribution in [0.3, 0.4) is 0 Å². The maximum absolute atomic E-state index is 13.0. The van der Waals surface area contributed by atoms with Crippen LogP contribution in [0.1, 0.15) is 44.7 Å². The second kappa shape index (κ2) is 11.6. The van der Waals surface area contributed by atoms with Gasteiger partial charge in [-0.2, -0.15) is 0 Å². The summed E-state index contributed by atoms with van der Waals surface area (Å²) < 4.78 is 5.40. The van der Waals surface area contributed by atoms with E-state index in [1.54, 1.807) is 7.11 Å². The molecule has 1 aliphatic rings. The Labute approximate surface area is 207 Å². The zero-order valence-electron chi connectivity index (χ0n) is 20.4. The lowest BCUT2D eigenvalue weighted by Gasteiger charge is -2.35. The van der Waals surface area contributed by atoms with Crippen molar-refractivity contribution in [2.75, 3.05) is 31.6 Å². The Kier molecular flexibility index (Phi) is 8.03. The van der Waals surface area contributed by atoms with Gasteiger partial charge in [-0.1, -0.05) is 48.5 Å². The van der Waals surface area contributed by atoms with Crippen LogP contribution in [0.15, 0.2) is 72.8 Å². The fourth-order valence-electron chi connectivity index (χ4n) is 4.61. The summed E-state index contributed by atoms with van der Waals surface area (Å²) in [6.07, 6.45) is 2.37. The molecule has 3 aromatic rings. The van der Waals surface area contributed by atoms with Crippen LogP contribution in [0.25, 0.3) is 0 Å². The van der Waals surface area contributed by atoms with Crippen LogP contribution in [0.2, 0.25) is 0 Å². The molecule has 2 amide bonds. The van der Waals surface area contributed by atoms with Crippen molar-refractivity contribution < 1.29 is 14.3 Å². The quantitative estimate of drug-likeness (QED) is 0.512. The number of carbonyl (C=O) groups excluding carboxylic acids is 2. The van der Waals surface area contributed by atoms with Gasteiger partial charge in [-0.05, 0) is 61.6 Å². The molecule has 182 valence electrons. The summed E-state index contributed by atoms with van der Waals surface area (Å²) in [4.78, 5) is 28.0. The highest BCUT2D eigenvalue weighted by atomic mass is 16.5. The number of rotatable bonds is 8. The average Bonchev–Trinajstić information content (AvgIpc) is 2.89. The zero-order chi connectivity index (χ0) is 24.6. The number of nitrogens with zero attached hydrogens (tertiary/aromatic N) is 1. The van der Waals surface area contributed by atoms with Gasteiger partial charge in [0.15, 0.2) is 0 Å².